The number of amides is 2. The summed E-state index contributed by atoms with van der Waals surface area (Å²) in [6, 6.07) is -0.597. The van der Waals surface area contributed by atoms with Crippen LogP contribution in [-0.4, -0.2) is 37.0 Å². The first-order chi connectivity index (χ1) is 8.47. The van der Waals surface area contributed by atoms with Crippen LogP contribution in [0.1, 0.15) is 40.0 Å². The summed E-state index contributed by atoms with van der Waals surface area (Å²) in [6.07, 6.45) is 2.00. The number of nitrogens with one attached hydrogen (secondary N) is 2. The van der Waals surface area contributed by atoms with Crippen molar-refractivity contribution in [3.8, 4) is 0 Å². The first-order valence-electron chi connectivity index (χ1n) is 6.15. The third-order valence-electron chi connectivity index (χ3n) is 2.24. The molecule has 0 spiro atoms. The fourth-order valence-corrected chi connectivity index (χ4v) is 1.48. The first kappa shape index (κ1) is 16.4. The minimum atomic E-state index is -0.597. The summed E-state index contributed by atoms with van der Waals surface area (Å²) < 4.78 is 4.88. The smallest absolute Gasteiger partial charge is 0.328 e. The van der Waals surface area contributed by atoms with Crippen LogP contribution >= 0.6 is 0 Å². The fourth-order valence-electron chi connectivity index (χ4n) is 1.48. The van der Waals surface area contributed by atoms with E-state index >= 15 is 0 Å². The summed E-state index contributed by atoms with van der Waals surface area (Å²) in [7, 11) is 0. The molecule has 0 aromatic carbocycles. The molecule has 6 nitrogen and oxygen atoms in total. The average Bonchev–Trinajstić information content (AvgIpc) is 2.26. The van der Waals surface area contributed by atoms with Gasteiger partial charge >= 0.3 is 5.97 Å². The molecule has 1 unspecified atom stereocenters. The summed E-state index contributed by atoms with van der Waals surface area (Å²) in [4.78, 5) is 33.1. The summed E-state index contributed by atoms with van der Waals surface area (Å²) in [6.45, 7) is 5.41. The van der Waals surface area contributed by atoms with Crippen molar-refractivity contribution in [1.82, 2.24) is 10.6 Å². The molecule has 0 bridgehead atoms. The zero-order chi connectivity index (χ0) is 14.0. The zero-order valence-corrected chi connectivity index (χ0v) is 11.2. The lowest BCUT2D eigenvalue weighted by Crippen LogP contribution is -2.40. The Morgan fingerprint density at radius 3 is 2.28 bits per heavy atom. The Bertz CT molecular complexity index is 292. The molecule has 0 aliphatic rings. The summed E-state index contributed by atoms with van der Waals surface area (Å²) in [5, 5.41) is 5.24. The number of carbonyl (C=O) groups is 3. The number of unbranched alkanes of at least 4 members (excludes halogenated alkanes) is 1. The monoisotopic (exact) mass is 258 g/mol. The second kappa shape index (κ2) is 9.44. The summed E-state index contributed by atoms with van der Waals surface area (Å²) in [5.41, 5.74) is 0. The van der Waals surface area contributed by atoms with Gasteiger partial charge in [-0.3, -0.25) is 9.59 Å². The van der Waals surface area contributed by atoms with Gasteiger partial charge in [0.15, 0.2) is 0 Å². The van der Waals surface area contributed by atoms with Gasteiger partial charge < -0.3 is 15.4 Å². The average molecular weight is 258 g/mol. The Morgan fingerprint density at radius 2 is 1.78 bits per heavy atom. The van der Waals surface area contributed by atoms with Crippen molar-refractivity contribution >= 4 is 17.8 Å². The second-order valence-electron chi connectivity index (χ2n) is 3.98. The molecule has 0 radical (unpaired) electrons. The number of hydrogen-bond donors (Lipinski definition) is 2. The SMILES string of the molecule is CCOC(=O)C(CCCCNC(C)=O)NC(C)=O. The lowest BCUT2D eigenvalue weighted by atomic mass is 10.1. The van der Waals surface area contributed by atoms with Gasteiger partial charge in [0.1, 0.15) is 6.04 Å². The highest BCUT2D eigenvalue weighted by atomic mass is 16.5. The van der Waals surface area contributed by atoms with Crippen LogP contribution in [0.15, 0.2) is 0 Å². The third-order valence-corrected chi connectivity index (χ3v) is 2.24. The van der Waals surface area contributed by atoms with Crippen molar-refractivity contribution in [2.45, 2.75) is 46.1 Å². The Hall–Kier alpha value is -1.59. The van der Waals surface area contributed by atoms with E-state index in [-0.39, 0.29) is 11.8 Å². The van der Waals surface area contributed by atoms with Crippen molar-refractivity contribution in [3.63, 3.8) is 0 Å². The molecule has 0 fully saturated rings. The highest BCUT2D eigenvalue weighted by Gasteiger charge is 2.19. The van der Waals surface area contributed by atoms with Crippen LogP contribution in [0.3, 0.4) is 0 Å². The van der Waals surface area contributed by atoms with Crippen LogP contribution in [0.5, 0.6) is 0 Å². The molecular formula is C12H22N2O4. The van der Waals surface area contributed by atoms with Gasteiger partial charge in [-0.15, -0.1) is 0 Å². The predicted molar refractivity (Wildman–Crippen MR) is 66.8 cm³/mol. The Balaban J connectivity index is 3.97. The van der Waals surface area contributed by atoms with E-state index in [4.69, 9.17) is 4.74 Å². The van der Waals surface area contributed by atoms with Crippen molar-refractivity contribution in [2.75, 3.05) is 13.2 Å². The molecule has 0 saturated heterocycles. The molecule has 6 heteroatoms. The maximum atomic E-state index is 11.5. The minimum absolute atomic E-state index is 0.0706. The van der Waals surface area contributed by atoms with Crippen LogP contribution in [0, 0.1) is 0 Å². The minimum Gasteiger partial charge on any atom is -0.464 e. The molecule has 0 aromatic rings. The Labute approximate surface area is 107 Å². The molecular weight excluding hydrogens is 236 g/mol. The number of esters is 1. The molecule has 2 N–H and O–H groups in total. The lowest BCUT2D eigenvalue weighted by Gasteiger charge is -2.16. The first-order valence-corrected chi connectivity index (χ1v) is 6.15. The molecule has 0 heterocycles. The lowest BCUT2D eigenvalue weighted by molar-refractivity contribution is -0.147. The van der Waals surface area contributed by atoms with E-state index in [1.807, 2.05) is 0 Å². The van der Waals surface area contributed by atoms with Crippen molar-refractivity contribution in [2.24, 2.45) is 0 Å². The van der Waals surface area contributed by atoms with Crippen LogP contribution in [-0.2, 0) is 19.1 Å². The van der Waals surface area contributed by atoms with Crippen molar-refractivity contribution in [1.29, 1.82) is 0 Å². The molecule has 0 aliphatic carbocycles. The van der Waals surface area contributed by atoms with Gasteiger partial charge in [-0.05, 0) is 26.2 Å². The molecule has 18 heavy (non-hydrogen) atoms. The highest BCUT2D eigenvalue weighted by molar-refractivity contribution is 5.83. The maximum Gasteiger partial charge on any atom is 0.328 e. The van der Waals surface area contributed by atoms with Gasteiger partial charge in [0, 0.05) is 20.4 Å². The topological polar surface area (TPSA) is 84.5 Å². The van der Waals surface area contributed by atoms with Gasteiger partial charge in [0.05, 0.1) is 6.61 Å². The van der Waals surface area contributed by atoms with Gasteiger partial charge in [0.2, 0.25) is 11.8 Å². The number of rotatable bonds is 8. The van der Waals surface area contributed by atoms with E-state index < -0.39 is 12.0 Å². The Kier molecular flexibility index (Phi) is 8.61. The normalized spacial score (nSPS) is 11.5. The van der Waals surface area contributed by atoms with E-state index in [1.165, 1.54) is 13.8 Å². The number of ether oxygens (including phenoxy) is 1. The molecule has 0 rings (SSSR count). The fraction of sp³-hybridized carbons (Fsp3) is 0.750. The molecule has 2 amide bonds. The quantitative estimate of drug-likeness (QED) is 0.486. The molecule has 0 aliphatic heterocycles. The Morgan fingerprint density at radius 1 is 1.11 bits per heavy atom. The zero-order valence-electron chi connectivity index (χ0n) is 11.2. The van der Waals surface area contributed by atoms with Crippen LogP contribution < -0.4 is 10.6 Å². The number of hydrogen-bond acceptors (Lipinski definition) is 4. The van der Waals surface area contributed by atoms with E-state index in [0.717, 1.165) is 12.8 Å². The standard InChI is InChI=1S/C12H22N2O4/c1-4-18-12(17)11(14-10(3)16)7-5-6-8-13-9(2)15/h11H,4-8H2,1-3H3,(H,13,15)(H,14,16). The molecule has 0 aromatic heterocycles. The molecule has 104 valence electrons. The predicted octanol–water partition coefficient (Wildman–Crippen LogP) is 0.361. The second-order valence-corrected chi connectivity index (χ2v) is 3.98. The summed E-state index contributed by atoms with van der Waals surface area (Å²) >= 11 is 0. The molecule has 1 atom stereocenters. The van der Waals surface area contributed by atoms with Gasteiger partial charge in [-0.1, -0.05) is 0 Å². The van der Waals surface area contributed by atoms with Crippen LogP contribution in [0.25, 0.3) is 0 Å². The largest absolute Gasteiger partial charge is 0.464 e. The van der Waals surface area contributed by atoms with Crippen molar-refractivity contribution in [3.05, 3.63) is 0 Å². The third kappa shape index (κ3) is 8.55. The van der Waals surface area contributed by atoms with Gasteiger partial charge in [-0.25, -0.2) is 4.79 Å². The molecule has 0 saturated carbocycles. The van der Waals surface area contributed by atoms with Crippen LogP contribution in [0.4, 0.5) is 0 Å². The van der Waals surface area contributed by atoms with Gasteiger partial charge in [0.25, 0.3) is 0 Å². The van der Waals surface area contributed by atoms with Gasteiger partial charge in [-0.2, -0.15) is 0 Å². The van der Waals surface area contributed by atoms with E-state index in [1.54, 1.807) is 6.92 Å². The van der Waals surface area contributed by atoms with Crippen molar-refractivity contribution < 1.29 is 19.1 Å². The van der Waals surface area contributed by atoms with E-state index in [0.29, 0.717) is 19.6 Å². The summed E-state index contributed by atoms with van der Waals surface area (Å²) in [5.74, 6) is -0.735. The number of carbonyl (C=O) groups excluding carboxylic acids is 3. The van der Waals surface area contributed by atoms with Crippen LogP contribution in [0.2, 0.25) is 0 Å². The van der Waals surface area contributed by atoms with E-state index in [2.05, 4.69) is 10.6 Å². The van der Waals surface area contributed by atoms with E-state index in [9.17, 15) is 14.4 Å². The maximum absolute atomic E-state index is 11.5. The highest BCUT2D eigenvalue weighted by Crippen LogP contribution is 2.03.